The van der Waals surface area contributed by atoms with Crippen molar-refractivity contribution in [3.63, 3.8) is 0 Å². The molecule has 0 saturated carbocycles. The molecule has 0 atom stereocenters. The zero-order valence-electron chi connectivity index (χ0n) is 14.3. The Bertz CT molecular complexity index is 760. The van der Waals surface area contributed by atoms with E-state index in [0.29, 0.717) is 32.2 Å². The molecule has 0 unspecified atom stereocenters. The zero-order chi connectivity index (χ0) is 17.2. The molecule has 2 heterocycles. The molecule has 0 saturated heterocycles. The molecule has 0 aliphatic heterocycles. The maximum Gasteiger partial charge on any atom is 4.00 e. The number of aromatic nitrogens is 4. The average molecular weight is 373 g/mol. The molecule has 0 fully saturated rings. The van der Waals surface area contributed by atoms with E-state index in [1.807, 2.05) is 0 Å². The summed E-state index contributed by atoms with van der Waals surface area (Å²) in [6.45, 7) is 9.63. The van der Waals surface area contributed by atoms with Crippen LogP contribution in [0.2, 0.25) is 0 Å². The van der Waals surface area contributed by atoms with Crippen molar-refractivity contribution in [2.75, 3.05) is 0 Å². The third kappa shape index (κ3) is 4.95. The Hall–Kier alpha value is -2.10. The fourth-order valence-corrected chi connectivity index (χ4v) is 1.65. The predicted octanol–water partition coefficient (Wildman–Crippen LogP) is 0.908. The van der Waals surface area contributed by atoms with Gasteiger partial charge >= 0.3 is 18.6 Å². The Morgan fingerprint density at radius 3 is 1.17 bits per heavy atom. The summed E-state index contributed by atoms with van der Waals surface area (Å²) in [4.78, 5) is 29.7. The molecule has 0 aliphatic carbocycles. The molecule has 129 valence electrons. The van der Waals surface area contributed by atoms with Gasteiger partial charge in [0.25, 0.3) is 11.1 Å². The molecule has 24 heavy (non-hydrogen) atoms. The number of aryl methyl sites for hydroxylation is 4. The number of nitrogens with zero attached hydrogens (tertiary/aromatic N) is 4. The second kappa shape index (κ2) is 9.26. The van der Waals surface area contributed by atoms with Gasteiger partial charge in [-0.15, -0.1) is 0 Å². The largest absolute Gasteiger partial charge is 4.00 e. The second-order valence-corrected chi connectivity index (χ2v) is 4.94. The van der Waals surface area contributed by atoms with Gasteiger partial charge in [-0.2, -0.15) is 0 Å². The normalized spacial score (nSPS) is 9.25. The van der Waals surface area contributed by atoms with E-state index in [9.17, 15) is 20.0 Å². The van der Waals surface area contributed by atoms with Crippen LogP contribution < -0.4 is 11.1 Å². The van der Waals surface area contributed by atoms with Gasteiger partial charge < -0.3 is 25.4 Å². The number of hydrogen-bond donors (Lipinski definition) is 0. The van der Waals surface area contributed by atoms with Crippen LogP contribution in [0.4, 0.5) is 0 Å². The van der Waals surface area contributed by atoms with Crippen molar-refractivity contribution in [2.45, 2.75) is 41.5 Å². The summed E-state index contributed by atoms with van der Waals surface area (Å²) in [5, 5.41) is 21.9. The Morgan fingerprint density at radius 2 is 0.917 bits per heavy atom. The van der Waals surface area contributed by atoms with Gasteiger partial charge in [0, 0.05) is 11.4 Å². The molecule has 0 spiro atoms. The van der Waals surface area contributed by atoms with E-state index in [4.69, 9.17) is 0 Å². The molecule has 2 aromatic heterocycles. The minimum absolute atomic E-state index is 0. The molecular weight excluding hydrogens is 355 g/mol. The van der Waals surface area contributed by atoms with Crippen LogP contribution in [0.5, 0.6) is 0 Å². The van der Waals surface area contributed by atoms with Crippen molar-refractivity contribution in [1.29, 1.82) is 0 Å². The maximum absolute atomic E-state index is 11.0. The van der Waals surface area contributed by atoms with E-state index < -0.39 is 11.1 Å². The minimum Gasteiger partial charge on any atom is -2.00 e. The van der Waals surface area contributed by atoms with Crippen molar-refractivity contribution >= 4 is 0 Å². The molecule has 2 rings (SSSR count). The van der Waals surface area contributed by atoms with Gasteiger partial charge in [-0.05, 0) is 41.5 Å². The Morgan fingerprint density at radius 1 is 0.667 bits per heavy atom. The van der Waals surface area contributed by atoms with Gasteiger partial charge in [0.15, 0.2) is 0 Å². The first-order valence-electron chi connectivity index (χ1n) is 6.56. The van der Waals surface area contributed by atoms with Gasteiger partial charge in [-0.1, -0.05) is 0 Å². The molecule has 0 amide bonds. The first-order valence-corrected chi connectivity index (χ1v) is 6.56. The smallest absolute Gasteiger partial charge is 2.00 e. The van der Waals surface area contributed by atoms with Crippen LogP contribution in [0, 0.1) is 52.0 Å². The van der Waals surface area contributed by atoms with Crippen LogP contribution >= 0.6 is 0 Å². The van der Waals surface area contributed by atoms with Crippen molar-refractivity contribution in [3.8, 4) is 0 Å². The van der Waals surface area contributed by atoms with Gasteiger partial charge in [0.1, 0.15) is 11.4 Å². The van der Waals surface area contributed by atoms with Crippen molar-refractivity contribution in [1.82, 2.24) is 19.4 Å². The van der Waals surface area contributed by atoms with Crippen LogP contribution in [0.3, 0.4) is 0 Å². The maximum atomic E-state index is 11.0. The van der Waals surface area contributed by atoms with E-state index in [1.165, 1.54) is 13.8 Å². The minimum atomic E-state index is -0.562. The molecule has 0 aromatic carbocycles. The van der Waals surface area contributed by atoms with Crippen molar-refractivity contribution in [2.24, 2.45) is 0 Å². The van der Waals surface area contributed by atoms with E-state index >= 15 is 0 Å². The van der Waals surface area contributed by atoms with Crippen LogP contribution in [0.15, 0.2) is 9.59 Å². The Labute approximate surface area is 150 Å². The van der Waals surface area contributed by atoms with E-state index in [0.717, 1.165) is 0 Å². The van der Waals surface area contributed by atoms with Crippen LogP contribution in [0.1, 0.15) is 34.2 Å². The standard InChI is InChI=1S/2C7H9N2O2.O.V/c2*1-4-6(3)9(11)7(10)5(2)8-4;;/h2*1-3H3;;/q2*-1;-2;+4. The van der Waals surface area contributed by atoms with E-state index in [-0.39, 0.29) is 35.4 Å². The van der Waals surface area contributed by atoms with Crippen molar-refractivity contribution in [3.05, 3.63) is 65.3 Å². The van der Waals surface area contributed by atoms with Crippen LogP contribution in [-0.2, 0) is 24.0 Å². The number of rotatable bonds is 0. The third-order valence-corrected chi connectivity index (χ3v) is 3.32. The third-order valence-electron chi connectivity index (χ3n) is 3.32. The van der Waals surface area contributed by atoms with Gasteiger partial charge in [0.2, 0.25) is 0 Å². The molecule has 0 bridgehead atoms. The van der Waals surface area contributed by atoms with Gasteiger partial charge in [0.05, 0.1) is 11.4 Å². The summed E-state index contributed by atoms with van der Waals surface area (Å²) < 4.78 is 0.745. The quantitative estimate of drug-likeness (QED) is 0.671. The predicted molar refractivity (Wildman–Crippen MR) is 83.6 cm³/mol. The zero-order valence-corrected chi connectivity index (χ0v) is 15.7. The molecule has 0 N–H and O–H groups in total. The van der Waals surface area contributed by atoms with Crippen LogP contribution in [0.25, 0.3) is 0 Å². The summed E-state index contributed by atoms with van der Waals surface area (Å²) >= 11 is 0. The van der Waals surface area contributed by atoms with Gasteiger partial charge in [-0.3, -0.25) is 19.6 Å². The Kier molecular flexibility index (Phi) is 9.32. The van der Waals surface area contributed by atoms with Gasteiger partial charge in [-0.25, -0.2) is 0 Å². The molecule has 1 radical (unpaired) electrons. The monoisotopic (exact) mass is 373 g/mol. The fraction of sp³-hybridized carbons (Fsp3) is 0.429. The first kappa shape index (κ1) is 24.2. The van der Waals surface area contributed by atoms with E-state index in [1.54, 1.807) is 27.7 Å². The van der Waals surface area contributed by atoms with Crippen LogP contribution in [-0.4, -0.2) is 19.4 Å². The summed E-state index contributed by atoms with van der Waals surface area (Å²) in [7, 11) is 0. The van der Waals surface area contributed by atoms with Crippen molar-refractivity contribution < 1.29 is 24.0 Å². The molecule has 10 heteroatoms. The summed E-state index contributed by atoms with van der Waals surface area (Å²) in [5.74, 6) is 0. The number of hydrogen-bond acceptors (Lipinski definition) is 6. The molecule has 2 aromatic rings. The summed E-state index contributed by atoms with van der Waals surface area (Å²) in [6, 6.07) is 0. The molecule has 0 aliphatic rings. The van der Waals surface area contributed by atoms with E-state index in [2.05, 4.69) is 9.97 Å². The SMILES string of the molecule is Cc1nc(C)c(=O)n([O-])c1C.Cc1nc(C)c(=O)n([O-])c1C.[O-2].[V+4]. The second-order valence-electron chi connectivity index (χ2n) is 4.94. The first-order chi connectivity index (χ1) is 10.1. The average Bonchev–Trinajstić information content (AvgIpc) is 2.47. The molecule has 9 nitrogen and oxygen atoms in total. The molecular formula is C14H18N4O5V. The summed E-state index contributed by atoms with van der Waals surface area (Å²) in [6.07, 6.45) is 0. The topological polar surface area (TPSA) is 144 Å². The Balaban J connectivity index is 0. The summed E-state index contributed by atoms with van der Waals surface area (Å²) in [5.41, 5.74) is 1.35. The fourth-order valence-electron chi connectivity index (χ4n) is 1.65.